The lowest BCUT2D eigenvalue weighted by Gasteiger charge is -2.37. The zero-order valence-corrected chi connectivity index (χ0v) is 11.8. The fraction of sp³-hybridized carbons (Fsp3) is 0.312. The van der Waals surface area contributed by atoms with Gasteiger partial charge in [0.05, 0.1) is 11.9 Å². The molecule has 0 amide bonds. The van der Waals surface area contributed by atoms with Crippen LogP contribution in [0.3, 0.4) is 0 Å². The lowest BCUT2D eigenvalue weighted by molar-refractivity contribution is 0.646. The van der Waals surface area contributed by atoms with Gasteiger partial charge in [0, 0.05) is 31.9 Å². The standard InChI is InChI=1S/C16H20N4/c1-13-11-14(17)12-18-16(13)20-9-7-19(8-10-20)15-5-3-2-4-6-15/h2-6,11-12H,7-10,17H2,1H3. The molecule has 0 saturated carbocycles. The molecule has 104 valence electrons. The second-order valence-corrected chi connectivity index (χ2v) is 5.22. The number of piperazine rings is 1. The summed E-state index contributed by atoms with van der Waals surface area (Å²) in [5.74, 6) is 1.06. The van der Waals surface area contributed by atoms with Gasteiger partial charge < -0.3 is 15.5 Å². The highest BCUT2D eigenvalue weighted by Gasteiger charge is 2.19. The van der Waals surface area contributed by atoms with Gasteiger partial charge >= 0.3 is 0 Å². The van der Waals surface area contributed by atoms with Crippen LogP contribution in [0.15, 0.2) is 42.6 Å². The number of nitrogens with two attached hydrogens (primary N) is 1. The van der Waals surface area contributed by atoms with Crippen molar-refractivity contribution in [2.75, 3.05) is 41.7 Å². The molecule has 2 aromatic rings. The van der Waals surface area contributed by atoms with Crippen LogP contribution in [-0.4, -0.2) is 31.2 Å². The molecule has 1 saturated heterocycles. The van der Waals surface area contributed by atoms with Crippen LogP contribution in [-0.2, 0) is 0 Å². The van der Waals surface area contributed by atoms with Gasteiger partial charge in [-0.1, -0.05) is 18.2 Å². The van der Waals surface area contributed by atoms with E-state index in [0.717, 1.165) is 43.2 Å². The number of pyridine rings is 1. The molecule has 1 aliphatic heterocycles. The summed E-state index contributed by atoms with van der Waals surface area (Å²) in [6.07, 6.45) is 1.74. The van der Waals surface area contributed by atoms with Crippen LogP contribution in [0.25, 0.3) is 0 Å². The van der Waals surface area contributed by atoms with E-state index in [1.807, 2.05) is 6.07 Å². The molecular formula is C16H20N4. The van der Waals surface area contributed by atoms with Gasteiger partial charge in [0.2, 0.25) is 0 Å². The third-order valence-electron chi connectivity index (χ3n) is 3.77. The Morgan fingerprint density at radius 2 is 1.65 bits per heavy atom. The lowest BCUT2D eigenvalue weighted by atomic mass is 10.2. The van der Waals surface area contributed by atoms with E-state index in [1.165, 1.54) is 5.69 Å². The van der Waals surface area contributed by atoms with E-state index in [9.17, 15) is 0 Å². The van der Waals surface area contributed by atoms with E-state index in [-0.39, 0.29) is 0 Å². The van der Waals surface area contributed by atoms with E-state index >= 15 is 0 Å². The number of rotatable bonds is 2. The summed E-state index contributed by atoms with van der Waals surface area (Å²) in [4.78, 5) is 9.24. The minimum Gasteiger partial charge on any atom is -0.397 e. The molecule has 0 radical (unpaired) electrons. The van der Waals surface area contributed by atoms with Crippen molar-refractivity contribution in [3.05, 3.63) is 48.2 Å². The molecule has 2 N–H and O–H groups in total. The maximum Gasteiger partial charge on any atom is 0.131 e. The van der Waals surface area contributed by atoms with Gasteiger partial charge in [0.25, 0.3) is 0 Å². The molecule has 0 spiro atoms. The summed E-state index contributed by atoms with van der Waals surface area (Å²) in [5.41, 5.74) is 8.95. The van der Waals surface area contributed by atoms with Crippen molar-refractivity contribution in [3.8, 4) is 0 Å². The van der Waals surface area contributed by atoms with Gasteiger partial charge in [0.1, 0.15) is 5.82 Å². The number of nitrogen functional groups attached to an aromatic ring is 1. The SMILES string of the molecule is Cc1cc(N)cnc1N1CCN(c2ccccc2)CC1. The number of para-hydroxylation sites is 1. The molecule has 2 heterocycles. The van der Waals surface area contributed by atoms with Crippen LogP contribution in [0.1, 0.15) is 5.56 Å². The number of hydrogen-bond acceptors (Lipinski definition) is 4. The van der Waals surface area contributed by atoms with Crippen LogP contribution in [0.4, 0.5) is 17.2 Å². The van der Waals surface area contributed by atoms with Crippen molar-refractivity contribution in [1.29, 1.82) is 0 Å². The Morgan fingerprint density at radius 3 is 2.30 bits per heavy atom. The van der Waals surface area contributed by atoms with Gasteiger partial charge in [-0.15, -0.1) is 0 Å². The van der Waals surface area contributed by atoms with Gasteiger partial charge in [-0.3, -0.25) is 0 Å². The number of aryl methyl sites for hydroxylation is 1. The maximum absolute atomic E-state index is 5.77. The Labute approximate surface area is 119 Å². The van der Waals surface area contributed by atoms with Gasteiger partial charge in [-0.25, -0.2) is 4.98 Å². The normalized spacial score (nSPS) is 15.4. The Balaban J connectivity index is 1.69. The highest BCUT2D eigenvalue weighted by Crippen LogP contribution is 2.22. The molecule has 3 rings (SSSR count). The van der Waals surface area contributed by atoms with E-state index in [1.54, 1.807) is 6.20 Å². The predicted octanol–water partition coefficient (Wildman–Crippen LogP) is 2.30. The van der Waals surface area contributed by atoms with Crippen LogP contribution in [0.2, 0.25) is 0 Å². The number of aromatic nitrogens is 1. The first-order valence-electron chi connectivity index (χ1n) is 7.01. The molecule has 1 aliphatic rings. The van der Waals surface area contributed by atoms with E-state index in [2.05, 4.69) is 52.0 Å². The molecule has 20 heavy (non-hydrogen) atoms. The topological polar surface area (TPSA) is 45.4 Å². The first-order chi connectivity index (χ1) is 9.74. The quantitative estimate of drug-likeness (QED) is 0.907. The summed E-state index contributed by atoms with van der Waals surface area (Å²) in [6.45, 7) is 6.10. The first kappa shape index (κ1) is 12.8. The molecule has 0 unspecified atom stereocenters. The minimum absolute atomic E-state index is 0.731. The molecular weight excluding hydrogens is 248 g/mol. The van der Waals surface area contributed by atoms with Crippen molar-refractivity contribution < 1.29 is 0 Å². The number of anilines is 3. The Kier molecular flexibility index (Phi) is 3.46. The van der Waals surface area contributed by atoms with Crippen molar-refractivity contribution in [3.63, 3.8) is 0 Å². The van der Waals surface area contributed by atoms with E-state index < -0.39 is 0 Å². The number of benzene rings is 1. The molecule has 0 bridgehead atoms. The van der Waals surface area contributed by atoms with Gasteiger partial charge in [0.15, 0.2) is 0 Å². The molecule has 0 atom stereocenters. The van der Waals surface area contributed by atoms with Crippen LogP contribution in [0.5, 0.6) is 0 Å². The molecule has 4 nitrogen and oxygen atoms in total. The van der Waals surface area contributed by atoms with Crippen LogP contribution >= 0.6 is 0 Å². The second kappa shape index (κ2) is 5.41. The average Bonchev–Trinajstić information content (AvgIpc) is 2.48. The third-order valence-corrected chi connectivity index (χ3v) is 3.77. The fourth-order valence-electron chi connectivity index (χ4n) is 2.74. The molecule has 1 aromatic heterocycles. The highest BCUT2D eigenvalue weighted by atomic mass is 15.3. The van der Waals surface area contributed by atoms with Crippen molar-refractivity contribution in [2.24, 2.45) is 0 Å². The van der Waals surface area contributed by atoms with Crippen LogP contribution in [0, 0.1) is 6.92 Å². The average molecular weight is 268 g/mol. The molecule has 4 heteroatoms. The number of nitrogens with zero attached hydrogens (tertiary/aromatic N) is 3. The zero-order valence-electron chi connectivity index (χ0n) is 11.8. The lowest BCUT2D eigenvalue weighted by Crippen LogP contribution is -2.47. The smallest absolute Gasteiger partial charge is 0.131 e. The van der Waals surface area contributed by atoms with Crippen molar-refractivity contribution in [2.45, 2.75) is 6.92 Å². The largest absolute Gasteiger partial charge is 0.397 e. The Hall–Kier alpha value is -2.23. The number of hydrogen-bond donors (Lipinski definition) is 1. The Morgan fingerprint density at radius 1 is 1.00 bits per heavy atom. The Bertz CT molecular complexity index is 574. The summed E-state index contributed by atoms with van der Waals surface area (Å²) in [7, 11) is 0. The summed E-state index contributed by atoms with van der Waals surface area (Å²) in [5, 5.41) is 0. The highest BCUT2D eigenvalue weighted by molar-refractivity contribution is 5.54. The van der Waals surface area contributed by atoms with E-state index in [0.29, 0.717) is 0 Å². The third kappa shape index (κ3) is 2.54. The summed E-state index contributed by atoms with van der Waals surface area (Å²) in [6, 6.07) is 12.6. The summed E-state index contributed by atoms with van der Waals surface area (Å²) >= 11 is 0. The van der Waals surface area contributed by atoms with Crippen molar-refractivity contribution in [1.82, 2.24) is 4.98 Å². The monoisotopic (exact) mass is 268 g/mol. The van der Waals surface area contributed by atoms with Crippen molar-refractivity contribution >= 4 is 17.2 Å². The molecule has 0 aliphatic carbocycles. The van der Waals surface area contributed by atoms with E-state index in [4.69, 9.17) is 5.73 Å². The maximum atomic E-state index is 5.77. The minimum atomic E-state index is 0.731. The van der Waals surface area contributed by atoms with Crippen LogP contribution < -0.4 is 15.5 Å². The molecule has 1 aromatic carbocycles. The van der Waals surface area contributed by atoms with Gasteiger partial charge in [-0.2, -0.15) is 0 Å². The van der Waals surface area contributed by atoms with Gasteiger partial charge in [-0.05, 0) is 30.7 Å². The second-order valence-electron chi connectivity index (χ2n) is 5.22. The zero-order chi connectivity index (χ0) is 13.9. The predicted molar refractivity (Wildman–Crippen MR) is 84.3 cm³/mol. The fourth-order valence-corrected chi connectivity index (χ4v) is 2.74. The molecule has 1 fully saturated rings. The summed E-state index contributed by atoms with van der Waals surface area (Å²) < 4.78 is 0. The first-order valence-corrected chi connectivity index (χ1v) is 7.01.